The predicted molar refractivity (Wildman–Crippen MR) is 56.1 cm³/mol. The summed E-state index contributed by atoms with van der Waals surface area (Å²) in [5.41, 5.74) is 0.737. The van der Waals surface area contributed by atoms with Gasteiger partial charge in [-0.05, 0) is 12.0 Å². The number of rotatable bonds is 2. The van der Waals surface area contributed by atoms with Crippen molar-refractivity contribution in [3.05, 3.63) is 23.9 Å². The van der Waals surface area contributed by atoms with Crippen LogP contribution in [0.15, 0.2) is 18.2 Å². The van der Waals surface area contributed by atoms with E-state index in [9.17, 15) is 0 Å². The molecule has 0 aliphatic rings. The van der Waals surface area contributed by atoms with Crippen LogP contribution in [0.4, 0.5) is 0 Å². The number of aromatic nitrogens is 1. The first-order valence-electron chi connectivity index (χ1n) is 3.97. The minimum atomic E-state index is 0.595. The van der Waals surface area contributed by atoms with Crippen LogP contribution in [0.5, 0.6) is 5.88 Å². The summed E-state index contributed by atoms with van der Waals surface area (Å²) in [5.74, 6) is 7.26. The zero-order valence-corrected chi connectivity index (χ0v) is 8.34. The fourth-order valence-electron chi connectivity index (χ4n) is 0.807. The Morgan fingerprint density at radius 1 is 1.54 bits per heavy atom. The van der Waals surface area contributed by atoms with Gasteiger partial charge in [-0.25, -0.2) is 4.98 Å². The van der Waals surface area contributed by atoms with Crippen LogP contribution in [-0.4, -0.2) is 17.8 Å². The molecule has 0 aliphatic heterocycles. The number of hydrogen-bond donors (Lipinski definition) is 1. The van der Waals surface area contributed by atoms with Crippen molar-refractivity contribution >= 4 is 12.6 Å². The van der Waals surface area contributed by atoms with Crippen LogP contribution in [0.2, 0.25) is 0 Å². The molecule has 1 heterocycles. The molecule has 1 rings (SSSR count). The highest BCUT2D eigenvalue weighted by Gasteiger charge is 1.91. The molecule has 0 saturated heterocycles. The maximum Gasteiger partial charge on any atom is 0.214 e. The molecular formula is C10H11NOS. The van der Waals surface area contributed by atoms with Crippen molar-refractivity contribution in [2.24, 2.45) is 0 Å². The fourth-order valence-corrected chi connectivity index (χ4v) is 0.919. The quantitative estimate of drug-likeness (QED) is 0.571. The predicted octanol–water partition coefficient (Wildman–Crippen LogP) is 1.76. The second-order valence-corrected chi connectivity index (χ2v) is 2.79. The third-order valence-electron chi connectivity index (χ3n) is 1.39. The fraction of sp³-hybridized carbons (Fsp3) is 0.300. The summed E-state index contributed by atoms with van der Waals surface area (Å²) < 4.78 is 4.97. The zero-order valence-electron chi connectivity index (χ0n) is 7.45. The molecule has 1 aromatic heterocycles. The summed E-state index contributed by atoms with van der Waals surface area (Å²) in [6, 6.07) is 5.52. The second-order valence-electron chi connectivity index (χ2n) is 2.34. The average molecular weight is 193 g/mol. The largest absolute Gasteiger partial charge is 0.481 e. The normalized spacial score (nSPS) is 8.77. The number of hydrogen-bond acceptors (Lipinski definition) is 3. The smallest absolute Gasteiger partial charge is 0.214 e. The van der Waals surface area contributed by atoms with Gasteiger partial charge in [0.2, 0.25) is 5.88 Å². The number of pyridine rings is 1. The summed E-state index contributed by atoms with van der Waals surface area (Å²) in [6.07, 6.45) is 0.780. The molecule has 0 saturated carbocycles. The van der Waals surface area contributed by atoms with Crippen molar-refractivity contribution in [3.8, 4) is 17.7 Å². The average Bonchev–Trinajstić information content (AvgIpc) is 2.19. The lowest BCUT2D eigenvalue weighted by molar-refractivity contribution is 0.397. The molecule has 0 fully saturated rings. The molecule has 0 spiro atoms. The standard InChI is InChI=1S/C10H11NOS/c1-12-10-7-4-6-9(11-10)5-2-3-8-13/h4,6-7,13H,3,8H2,1H3. The number of nitrogens with zero attached hydrogens (tertiary/aromatic N) is 1. The van der Waals surface area contributed by atoms with E-state index in [4.69, 9.17) is 4.74 Å². The van der Waals surface area contributed by atoms with Gasteiger partial charge in [-0.15, -0.1) is 0 Å². The molecule has 13 heavy (non-hydrogen) atoms. The van der Waals surface area contributed by atoms with E-state index in [1.807, 2.05) is 12.1 Å². The zero-order chi connectivity index (χ0) is 9.52. The Morgan fingerprint density at radius 3 is 3.08 bits per heavy atom. The van der Waals surface area contributed by atoms with Crippen LogP contribution in [0, 0.1) is 11.8 Å². The third kappa shape index (κ3) is 3.39. The van der Waals surface area contributed by atoms with Crippen molar-refractivity contribution < 1.29 is 4.74 Å². The molecule has 0 aliphatic carbocycles. The third-order valence-corrected chi connectivity index (χ3v) is 1.61. The maximum absolute atomic E-state index is 4.97. The summed E-state index contributed by atoms with van der Waals surface area (Å²) in [6.45, 7) is 0. The Kier molecular flexibility index (Phi) is 4.20. The van der Waals surface area contributed by atoms with E-state index in [2.05, 4.69) is 29.5 Å². The minimum absolute atomic E-state index is 0.595. The van der Waals surface area contributed by atoms with E-state index in [1.165, 1.54) is 0 Å². The van der Waals surface area contributed by atoms with Crippen LogP contribution >= 0.6 is 12.6 Å². The molecule has 0 aromatic carbocycles. The minimum Gasteiger partial charge on any atom is -0.481 e. The van der Waals surface area contributed by atoms with Crippen LogP contribution in [0.3, 0.4) is 0 Å². The summed E-state index contributed by atoms with van der Waals surface area (Å²) in [4.78, 5) is 4.14. The van der Waals surface area contributed by atoms with Crippen molar-refractivity contribution in [1.82, 2.24) is 4.98 Å². The number of ether oxygens (including phenoxy) is 1. The van der Waals surface area contributed by atoms with Gasteiger partial charge in [0, 0.05) is 18.2 Å². The highest BCUT2D eigenvalue weighted by Crippen LogP contribution is 2.05. The summed E-state index contributed by atoms with van der Waals surface area (Å²) in [5, 5.41) is 0. The van der Waals surface area contributed by atoms with Crippen molar-refractivity contribution in [3.63, 3.8) is 0 Å². The van der Waals surface area contributed by atoms with Gasteiger partial charge in [-0.3, -0.25) is 0 Å². The monoisotopic (exact) mass is 193 g/mol. The second kappa shape index (κ2) is 5.50. The lowest BCUT2D eigenvalue weighted by atomic mass is 10.3. The van der Waals surface area contributed by atoms with Crippen LogP contribution < -0.4 is 4.74 Å². The molecule has 3 heteroatoms. The van der Waals surface area contributed by atoms with Gasteiger partial charge in [0.15, 0.2) is 0 Å². The van der Waals surface area contributed by atoms with Gasteiger partial charge in [0.05, 0.1) is 7.11 Å². The van der Waals surface area contributed by atoms with E-state index < -0.39 is 0 Å². The topological polar surface area (TPSA) is 22.1 Å². The maximum atomic E-state index is 4.97. The lowest BCUT2D eigenvalue weighted by Gasteiger charge is -1.96. The van der Waals surface area contributed by atoms with Gasteiger partial charge in [-0.2, -0.15) is 12.6 Å². The highest BCUT2D eigenvalue weighted by molar-refractivity contribution is 7.80. The van der Waals surface area contributed by atoms with Crippen molar-refractivity contribution in [2.45, 2.75) is 6.42 Å². The Morgan fingerprint density at radius 2 is 2.38 bits per heavy atom. The van der Waals surface area contributed by atoms with Gasteiger partial charge < -0.3 is 4.74 Å². The van der Waals surface area contributed by atoms with E-state index >= 15 is 0 Å². The van der Waals surface area contributed by atoms with Crippen LogP contribution in [0.1, 0.15) is 12.1 Å². The molecule has 0 amide bonds. The molecule has 68 valence electrons. The lowest BCUT2D eigenvalue weighted by Crippen LogP contribution is -1.88. The SMILES string of the molecule is COc1cccc(C#CCCS)n1. The molecule has 0 bridgehead atoms. The molecule has 0 N–H and O–H groups in total. The first-order valence-corrected chi connectivity index (χ1v) is 4.61. The first kappa shape index (κ1) is 9.94. The molecule has 0 radical (unpaired) electrons. The Hall–Kier alpha value is -1.14. The Bertz CT molecular complexity index is 327. The summed E-state index contributed by atoms with van der Waals surface area (Å²) in [7, 11) is 1.59. The van der Waals surface area contributed by atoms with Crippen LogP contribution in [-0.2, 0) is 0 Å². The highest BCUT2D eigenvalue weighted by atomic mass is 32.1. The van der Waals surface area contributed by atoms with E-state index in [-0.39, 0.29) is 0 Å². The van der Waals surface area contributed by atoms with E-state index in [0.717, 1.165) is 17.9 Å². The molecule has 2 nitrogen and oxygen atoms in total. The molecular weight excluding hydrogens is 182 g/mol. The van der Waals surface area contributed by atoms with E-state index in [1.54, 1.807) is 13.2 Å². The van der Waals surface area contributed by atoms with E-state index in [0.29, 0.717) is 5.88 Å². The van der Waals surface area contributed by atoms with Crippen molar-refractivity contribution in [1.29, 1.82) is 0 Å². The van der Waals surface area contributed by atoms with Crippen LogP contribution in [0.25, 0.3) is 0 Å². The van der Waals surface area contributed by atoms with Gasteiger partial charge in [0.25, 0.3) is 0 Å². The van der Waals surface area contributed by atoms with Gasteiger partial charge in [0.1, 0.15) is 5.69 Å². The summed E-state index contributed by atoms with van der Waals surface area (Å²) >= 11 is 4.06. The van der Waals surface area contributed by atoms with Gasteiger partial charge in [-0.1, -0.05) is 12.0 Å². The molecule has 0 atom stereocenters. The molecule has 1 aromatic rings. The van der Waals surface area contributed by atoms with Gasteiger partial charge >= 0.3 is 0 Å². The first-order chi connectivity index (χ1) is 6.36. The number of methoxy groups -OCH3 is 1. The Labute approximate surface area is 83.7 Å². The van der Waals surface area contributed by atoms with Crippen molar-refractivity contribution in [2.75, 3.05) is 12.9 Å². The molecule has 0 unspecified atom stereocenters. The number of thiol groups is 1. The Balaban J connectivity index is 2.73.